The van der Waals surface area contributed by atoms with Crippen molar-refractivity contribution < 1.29 is 23.1 Å². The molecule has 0 aliphatic carbocycles. The zero-order valence-electron chi connectivity index (χ0n) is 17.2. The Labute approximate surface area is 194 Å². The molecule has 8 nitrogen and oxygen atoms in total. The van der Waals surface area contributed by atoms with Crippen LogP contribution in [0.15, 0.2) is 66.7 Å². The van der Waals surface area contributed by atoms with Crippen LogP contribution in [0.25, 0.3) is 22.0 Å². The number of rotatable bonds is 6. The summed E-state index contributed by atoms with van der Waals surface area (Å²) < 4.78 is 25.3. The van der Waals surface area contributed by atoms with Gasteiger partial charge in [0.1, 0.15) is 5.69 Å². The van der Waals surface area contributed by atoms with E-state index in [4.69, 9.17) is 11.6 Å². The molecule has 4 aromatic rings. The Balaban J connectivity index is 1.59. The number of fused-ring (bicyclic) bond motifs is 1. The van der Waals surface area contributed by atoms with E-state index in [1.807, 2.05) is 0 Å². The number of aromatic carboxylic acids is 1. The highest BCUT2D eigenvalue weighted by Gasteiger charge is 2.13. The maximum absolute atomic E-state index is 12.8. The molecule has 4 rings (SSSR count). The van der Waals surface area contributed by atoms with Crippen LogP contribution in [0, 0.1) is 0 Å². The van der Waals surface area contributed by atoms with Crippen molar-refractivity contribution in [2.24, 2.45) is 0 Å². The number of hydrogen-bond donors (Lipinski definition) is 4. The number of anilines is 2. The molecule has 0 aliphatic rings. The molecule has 33 heavy (non-hydrogen) atoms. The van der Waals surface area contributed by atoms with Crippen molar-refractivity contribution in [3.8, 4) is 11.1 Å². The number of carbonyl (C=O) groups is 2. The molecule has 1 aromatic heterocycles. The average Bonchev–Trinajstić information content (AvgIpc) is 3.16. The van der Waals surface area contributed by atoms with E-state index in [0.29, 0.717) is 33.0 Å². The zero-order chi connectivity index (χ0) is 23.8. The van der Waals surface area contributed by atoms with Crippen molar-refractivity contribution in [1.29, 1.82) is 0 Å². The molecular weight excluding hydrogens is 466 g/mol. The Bertz CT molecular complexity index is 1510. The Kier molecular flexibility index (Phi) is 5.84. The summed E-state index contributed by atoms with van der Waals surface area (Å²) >= 11 is 6.26. The number of carboxylic acid groups (broad SMARTS) is 1. The lowest BCUT2D eigenvalue weighted by Gasteiger charge is -2.09. The van der Waals surface area contributed by atoms with Crippen molar-refractivity contribution in [3.05, 3.63) is 83.0 Å². The number of H-pyrrole nitrogens is 1. The lowest BCUT2D eigenvalue weighted by atomic mass is 10.0. The molecule has 4 N–H and O–H groups in total. The monoisotopic (exact) mass is 483 g/mol. The van der Waals surface area contributed by atoms with Gasteiger partial charge in [-0.3, -0.25) is 9.52 Å². The number of nitrogens with one attached hydrogen (secondary N) is 3. The molecule has 3 aromatic carbocycles. The summed E-state index contributed by atoms with van der Waals surface area (Å²) in [6.45, 7) is 0. The first-order valence-corrected chi connectivity index (χ1v) is 11.9. The molecule has 0 unspecified atom stereocenters. The number of sulfonamides is 1. The Morgan fingerprint density at radius 2 is 1.76 bits per heavy atom. The first kappa shape index (κ1) is 22.4. The second kappa shape index (κ2) is 8.61. The van der Waals surface area contributed by atoms with Gasteiger partial charge in [0.25, 0.3) is 5.91 Å². The van der Waals surface area contributed by atoms with E-state index >= 15 is 0 Å². The predicted molar refractivity (Wildman–Crippen MR) is 129 cm³/mol. The molecule has 168 valence electrons. The number of halogens is 1. The number of aromatic amines is 1. The van der Waals surface area contributed by atoms with Gasteiger partial charge >= 0.3 is 5.97 Å². The van der Waals surface area contributed by atoms with Crippen LogP contribution in [0.4, 0.5) is 11.4 Å². The van der Waals surface area contributed by atoms with Gasteiger partial charge in [0.15, 0.2) is 0 Å². The van der Waals surface area contributed by atoms with E-state index < -0.39 is 21.9 Å². The number of aromatic nitrogens is 1. The summed E-state index contributed by atoms with van der Waals surface area (Å²) in [6, 6.07) is 17.9. The molecular formula is C23H18ClN3O5S. The molecule has 10 heteroatoms. The maximum atomic E-state index is 12.8. The van der Waals surface area contributed by atoms with Crippen LogP contribution < -0.4 is 10.0 Å². The fraction of sp³-hybridized carbons (Fsp3) is 0.0435. The van der Waals surface area contributed by atoms with Crippen LogP contribution in [-0.4, -0.2) is 36.6 Å². The predicted octanol–water partition coefficient (Wildman–Crippen LogP) is 4.81. The van der Waals surface area contributed by atoms with E-state index in [1.54, 1.807) is 48.5 Å². The molecule has 0 atom stereocenters. The third-order valence-corrected chi connectivity index (χ3v) is 5.75. The Morgan fingerprint density at radius 1 is 0.970 bits per heavy atom. The van der Waals surface area contributed by atoms with Crippen LogP contribution in [0.2, 0.25) is 5.02 Å². The summed E-state index contributed by atoms with van der Waals surface area (Å²) in [5.74, 6) is -1.46. The van der Waals surface area contributed by atoms with Gasteiger partial charge in [-0.15, -0.1) is 0 Å². The van der Waals surface area contributed by atoms with Crippen molar-refractivity contribution in [2.45, 2.75) is 0 Å². The molecule has 0 saturated carbocycles. The van der Waals surface area contributed by atoms with Gasteiger partial charge in [0.2, 0.25) is 10.0 Å². The SMILES string of the molecule is CS(=O)(=O)Nc1ccc2cc(C(=O)Nc3cccc(-c4cc(C(=O)O)ccc4Cl)c3)[nH]c2c1. The summed E-state index contributed by atoms with van der Waals surface area (Å²) in [6.07, 6.45) is 1.06. The van der Waals surface area contributed by atoms with Crippen LogP contribution in [0.1, 0.15) is 20.8 Å². The molecule has 0 radical (unpaired) electrons. The van der Waals surface area contributed by atoms with Crippen LogP contribution in [0.5, 0.6) is 0 Å². The zero-order valence-corrected chi connectivity index (χ0v) is 18.8. The van der Waals surface area contributed by atoms with Gasteiger partial charge in [-0.05, 0) is 54.1 Å². The van der Waals surface area contributed by atoms with Gasteiger partial charge < -0.3 is 15.4 Å². The highest BCUT2D eigenvalue weighted by atomic mass is 35.5. The fourth-order valence-corrected chi connectivity index (χ4v) is 4.15. The second-order valence-electron chi connectivity index (χ2n) is 7.39. The number of carbonyl (C=O) groups excluding carboxylic acids is 1. The van der Waals surface area contributed by atoms with Crippen LogP contribution >= 0.6 is 11.6 Å². The highest BCUT2D eigenvalue weighted by molar-refractivity contribution is 7.92. The molecule has 1 heterocycles. The molecule has 0 aliphatic heterocycles. The second-order valence-corrected chi connectivity index (χ2v) is 9.55. The molecule has 1 amide bonds. The normalized spacial score (nSPS) is 11.3. The minimum atomic E-state index is -3.42. The average molecular weight is 484 g/mol. The minimum Gasteiger partial charge on any atom is -0.478 e. The molecule has 0 bridgehead atoms. The fourth-order valence-electron chi connectivity index (χ4n) is 3.37. The van der Waals surface area contributed by atoms with Gasteiger partial charge in [-0.25, -0.2) is 13.2 Å². The van der Waals surface area contributed by atoms with E-state index in [0.717, 1.165) is 11.6 Å². The minimum absolute atomic E-state index is 0.103. The summed E-state index contributed by atoms with van der Waals surface area (Å²) in [5.41, 5.74) is 3.04. The lowest BCUT2D eigenvalue weighted by Crippen LogP contribution is -2.12. The summed E-state index contributed by atoms with van der Waals surface area (Å²) in [4.78, 5) is 27.1. The lowest BCUT2D eigenvalue weighted by molar-refractivity contribution is 0.0696. The Morgan fingerprint density at radius 3 is 2.48 bits per heavy atom. The smallest absolute Gasteiger partial charge is 0.335 e. The van der Waals surface area contributed by atoms with E-state index in [-0.39, 0.29) is 11.3 Å². The molecule has 0 fully saturated rings. The number of benzene rings is 3. The Hall–Kier alpha value is -3.82. The topological polar surface area (TPSA) is 128 Å². The van der Waals surface area contributed by atoms with Gasteiger partial charge in [0, 0.05) is 27.2 Å². The van der Waals surface area contributed by atoms with Crippen molar-refractivity contribution >= 4 is 55.8 Å². The summed E-state index contributed by atoms with van der Waals surface area (Å²) in [7, 11) is -3.42. The molecule has 0 saturated heterocycles. The van der Waals surface area contributed by atoms with Gasteiger partial charge in [-0.1, -0.05) is 29.8 Å². The third-order valence-electron chi connectivity index (χ3n) is 4.82. The number of hydrogen-bond acceptors (Lipinski definition) is 4. The highest BCUT2D eigenvalue weighted by Crippen LogP contribution is 2.31. The van der Waals surface area contributed by atoms with Gasteiger partial charge in [-0.2, -0.15) is 0 Å². The van der Waals surface area contributed by atoms with E-state index in [2.05, 4.69) is 15.0 Å². The van der Waals surface area contributed by atoms with Crippen LogP contribution in [0.3, 0.4) is 0 Å². The molecule has 0 spiro atoms. The summed E-state index contributed by atoms with van der Waals surface area (Å²) in [5, 5.41) is 13.2. The van der Waals surface area contributed by atoms with Crippen LogP contribution in [-0.2, 0) is 10.0 Å². The largest absolute Gasteiger partial charge is 0.478 e. The standard InChI is InChI=1S/C23H18ClN3O5S/c1-33(31,32)27-17-7-5-14-11-21(26-20(14)12-17)22(28)25-16-4-2-3-13(9-16)18-10-15(23(29)30)6-8-19(18)24/h2-12,26-27H,1H3,(H,25,28)(H,29,30). The van der Waals surface area contributed by atoms with Crippen molar-refractivity contribution in [2.75, 3.05) is 16.3 Å². The maximum Gasteiger partial charge on any atom is 0.335 e. The first-order chi connectivity index (χ1) is 15.6. The third kappa shape index (κ3) is 5.16. The first-order valence-electron chi connectivity index (χ1n) is 9.64. The van der Waals surface area contributed by atoms with Crippen molar-refractivity contribution in [1.82, 2.24) is 4.98 Å². The van der Waals surface area contributed by atoms with E-state index in [1.165, 1.54) is 18.2 Å². The quantitative estimate of drug-likeness (QED) is 0.313. The van der Waals surface area contributed by atoms with Crippen molar-refractivity contribution in [3.63, 3.8) is 0 Å². The van der Waals surface area contributed by atoms with E-state index in [9.17, 15) is 23.1 Å². The number of carboxylic acids is 1. The van der Waals surface area contributed by atoms with Gasteiger partial charge in [0.05, 0.1) is 17.5 Å². The number of amides is 1.